The van der Waals surface area contributed by atoms with Crippen molar-refractivity contribution in [1.82, 2.24) is 15.5 Å². The fourth-order valence-electron chi connectivity index (χ4n) is 1.45. The van der Waals surface area contributed by atoms with Crippen LogP contribution in [-0.2, 0) is 17.5 Å². The van der Waals surface area contributed by atoms with Crippen LogP contribution >= 0.6 is 0 Å². The monoisotopic (exact) mass is 285 g/mol. The lowest BCUT2D eigenvalue weighted by Crippen LogP contribution is -2.18. The van der Waals surface area contributed by atoms with Crippen LogP contribution in [0.1, 0.15) is 18.4 Å². The molecule has 5 nitrogen and oxygen atoms in total. The molecule has 0 saturated heterocycles. The zero-order valence-electron chi connectivity index (χ0n) is 10.4. The summed E-state index contributed by atoms with van der Waals surface area (Å²) >= 11 is 0. The van der Waals surface area contributed by atoms with Gasteiger partial charge in [-0.15, -0.1) is 10.2 Å². The van der Waals surface area contributed by atoms with Gasteiger partial charge in [0.2, 0.25) is 11.8 Å². The van der Waals surface area contributed by atoms with Crippen LogP contribution in [0.4, 0.5) is 13.2 Å². The van der Waals surface area contributed by atoms with E-state index in [-0.39, 0.29) is 11.8 Å². The Morgan fingerprint density at radius 3 is 2.40 bits per heavy atom. The fraction of sp³-hybridized carbons (Fsp3) is 0.250. The summed E-state index contributed by atoms with van der Waals surface area (Å²) in [5.74, 6) is -1.75. The number of hydrogen-bond donors (Lipinski definition) is 1. The van der Waals surface area contributed by atoms with Crippen molar-refractivity contribution < 1.29 is 22.4 Å². The minimum atomic E-state index is -4.66. The van der Waals surface area contributed by atoms with Crippen LogP contribution in [0, 0.1) is 0 Å². The van der Waals surface area contributed by atoms with Gasteiger partial charge in [-0.25, -0.2) is 0 Å². The van der Waals surface area contributed by atoms with Crippen LogP contribution in [0.25, 0.3) is 11.5 Å². The van der Waals surface area contributed by atoms with Crippen molar-refractivity contribution >= 4 is 5.91 Å². The normalized spacial score (nSPS) is 11.4. The largest absolute Gasteiger partial charge is 0.470 e. The van der Waals surface area contributed by atoms with Gasteiger partial charge in [-0.05, 0) is 17.7 Å². The third-order valence-corrected chi connectivity index (χ3v) is 2.41. The molecule has 1 aromatic heterocycles. The number of nitrogens with zero attached hydrogens (tertiary/aromatic N) is 2. The number of aromatic nitrogens is 2. The Labute approximate surface area is 111 Å². The molecule has 0 aliphatic rings. The van der Waals surface area contributed by atoms with Crippen molar-refractivity contribution in [2.45, 2.75) is 19.6 Å². The summed E-state index contributed by atoms with van der Waals surface area (Å²) in [5, 5.41) is 8.90. The molecule has 8 heteroatoms. The summed E-state index contributed by atoms with van der Waals surface area (Å²) in [4.78, 5) is 10.8. The molecule has 2 aromatic rings. The summed E-state index contributed by atoms with van der Waals surface area (Å²) in [6, 6.07) is 6.40. The van der Waals surface area contributed by atoms with Crippen LogP contribution in [-0.4, -0.2) is 16.1 Å². The molecule has 0 aliphatic heterocycles. The van der Waals surface area contributed by atoms with Gasteiger partial charge in [-0.1, -0.05) is 12.1 Å². The van der Waals surface area contributed by atoms with Gasteiger partial charge in [0.15, 0.2) is 0 Å². The molecule has 0 bridgehead atoms. The van der Waals surface area contributed by atoms with E-state index in [1.54, 1.807) is 24.3 Å². The van der Waals surface area contributed by atoms with Gasteiger partial charge in [0.1, 0.15) is 0 Å². The summed E-state index contributed by atoms with van der Waals surface area (Å²) in [5.41, 5.74) is 1.18. The number of carbonyl (C=O) groups excluding carboxylic acids is 1. The van der Waals surface area contributed by atoms with Crippen LogP contribution in [0.2, 0.25) is 0 Å². The summed E-state index contributed by atoms with van der Waals surface area (Å²) in [6.45, 7) is 1.73. The second kappa shape index (κ2) is 5.32. The third-order valence-electron chi connectivity index (χ3n) is 2.41. The zero-order chi connectivity index (χ0) is 14.8. The van der Waals surface area contributed by atoms with Crippen molar-refractivity contribution in [2.24, 2.45) is 0 Å². The van der Waals surface area contributed by atoms with E-state index in [1.807, 2.05) is 0 Å². The van der Waals surface area contributed by atoms with Crippen LogP contribution < -0.4 is 5.32 Å². The molecule has 0 fully saturated rings. The Hall–Kier alpha value is -2.38. The molecule has 0 atom stereocenters. The lowest BCUT2D eigenvalue weighted by molar-refractivity contribution is -0.156. The first-order valence-corrected chi connectivity index (χ1v) is 5.61. The first-order valence-electron chi connectivity index (χ1n) is 5.61. The van der Waals surface area contributed by atoms with Gasteiger partial charge in [-0.3, -0.25) is 4.79 Å². The van der Waals surface area contributed by atoms with Gasteiger partial charge in [-0.2, -0.15) is 13.2 Å². The van der Waals surface area contributed by atoms with Crippen molar-refractivity contribution in [3.63, 3.8) is 0 Å². The number of rotatable bonds is 3. The molecule has 0 unspecified atom stereocenters. The Morgan fingerprint density at radius 1 is 1.25 bits per heavy atom. The highest BCUT2D eigenvalue weighted by atomic mass is 19.4. The Morgan fingerprint density at radius 2 is 1.90 bits per heavy atom. The highest BCUT2D eigenvalue weighted by Gasteiger charge is 2.38. The second-order valence-electron chi connectivity index (χ2n) is 4.02. The minimum Gasteiger partial charge on any atom is -0.413 e. The molecule has 20 heavy (non-hydrogen) atoms. The fourth-order valence-corrected chi connectivity index (χ4v) is 1.45. The first-order chi connectivity index (χ1) is 9.36. The average molecular weight is 285 g/mol. The Kier molecular flexibility index (Phi) is 3.73. The number of alkyl halides is 3. The van der Waals surface area contributed by atoms with E-state index in [9.17, 15) is 18.0 Å². The van der Waals surface area contributed by atoms with Crippen LogP contribution in [0.5, 0.6) is 0 Å². The summed E-state index contributed by atoms with van der Waals surface area (Å²) < 4.78 is 41.5. The van der Waals surface area contributed by atoms with Crippen LogP contribution in [0.3, 0.4) is 0 Å². The zero-order valence-corrected chi connectivity index (χ0v) is 10.4. The number of amides is 1. The maximum atomic E-state index is 12.3. The highest BCUT2D eigenvalue weighted by Crippen LogP contribution is 2.30. The number of hydrogen-bond acceptors (Lipinski definition) is 4. The van der Waals surface area contributed by atoms with E-state index in [0.29, 0.717) is 12.1 Å². The molecular weight excluding hydrogens is 275 g/mol. The lowest BCUT2D eigenvalue weighted by atomic mass is 10.1. The highest BCUT2D eigenvalue weighted by molar-refractivity contribution is 5.72. The van der Waals surface area contributed by atoms with Crippen molar-refractivity contribution in [3.8, 4) is 11.5 Å². The predicted octanol–water partition coefficient (Wildman–Crippen LogP) is 2.39. The molecule has 1 amide bonds. The van der Waals surface area contributed by atoms with Crippen molar-refractivity contribution in [3.05, 3.63) is 35.7 Å². The van der Waals surface area contributed by atoms with Crippen LogP contribution in [0.15, 0.2) is 28.7 Å². The third kappa shape index (κ3) is 3.34. The van der Waals surface area contributed by atoms with Gasteiger partial charge < -0.3 is 9.73 Å². The maximum Gasteiger partial charge on any atom is 0.470 e. The van der Waals surface area contributed by atoms with Crippen molar-refractivity contribution in [2.75, 3.05) is 0 Å². The number of carbonyl (C=O) groups is 1. The first kappa shape index (κ1) is 14.0. The maximum absolute atomic E-state index is 12.3. The molecule has 0 spiro atoms. The Bertz CT molecular complexity index is 605. The van der Waals surface area contributed by atoms with Gasteiger partial charge in [0, 0.05) is 19.0 Å². The molecule has 0 aliphatic carbocycles. The van der Waals surface area contributed by atoms with E-state index in [1.165, 1.54) is 6.92 Å². The van der Waals surface area contributed by atoms with Gasteiger partial charge in [0.05, 0.1) is 0 Å². The SMILES string of the molecule is CC(=O)NCc1ccc(-c2nnc(C(F)(F)F)o2)cc1. The van der Waals surface area contributed by atoms with E-state index < -0.39 is 12.1 Å². The summed E-state index contributed by atoms with van der Waals surface area (Å²) in [7, 11) is 0. The number of halogens is 3. The van der Waals surface area contributed by atoms with E-state index >= 15 is 0 Å². The molecular formula is C12H10F3N3O2. The molecule has 1 N–H and O–H groups in total. The van der Waals surface area contributed by atoms with Crippen molar-refractivity contribution in [1.29, 1.82) is 0 Å². The topological polar surface area (TPSA) is 68.0 Å². The van der Waals surface area contributed by atoms with Gasteiger partial charge >= 0.3 is 12.1 Å². The van der Waals surface area contributed by atoms with E-state index in [0.717, 1.165) is 5.56 Å². The molecule has 106 valence electrons. The second-order valence-corrected chi connectivity index (χ2v) is 4.02. The minimum absolute atomic E-state index is 0.166. The van der Waals surface area contributed by atoms with E-state index in [2.05, 4.69) is 19.9 Å². The molecule has 1 heterocycles. The number of nitrogens with one attached hydrogen (secondary N) is 1. The molecule has 1 aromatic carbocycles. The van der Waals surface area contributed by atoms with Gasteiger partial charge in [0.25, 0.3) is 0 Å². The number of benzene rings is 1. The predicted molar refractivity (Wildman–Crippen MR) is 62.3 cm³/mol. The smallest absolute Gasteiger partial charge is 0.413 e. The molecule has 0 radical (unpaired) electrons. The summed E-state index contributed by atoms with van der Waals surface area (Å²) in [6.07, 6.45) is -4.66. The standard InChI is InChI=1S/C12H10F3N3O2/c1-7(19)16-6-8-2-4-9(5-3-8)10-17-18-11(20-10)12(13,14)15/h2-5H,6H2,1H3,(H,16,19). The lowest BCUT2D eigenvalue weighted by Gasteiger charge is -2.02. The average Bonchev–Trinajstić information content (AvgIpc) is 2.86. The molecule has 0 saturated carbocycles. The molecule has 2 rings (SSSR count). The van der Waals surface area contributed by atoms with E-state index in [4.69, 9.17) is 0 Å². The quantitative estimate of drug-likeness (QED) is 0.940. The Balaban J connectivity index is 2.14.